The van der Waals surface area contributed by atoms with E-state index in [9.17, 15) is 12.8 Å². The van der Waals surface area contributed by atoms with Gasteiger partial charge in [0.1, 0.15) is 5.82 Å². The van der Waals surface area contributed by atoms with Crippen LogP contribution in [0.15, 0.2) is 28.3 Å². The van der Waals surface area contributed by atoms with E-state index in [1.165, 1.54) is 13.0 Å². The van der Waals surface area contributed by atoms with Crippen LogP contribution in [0.5, 0.6) is 0 Å². The van der Waals surface area contributed by atoms with E-state index in [1.807, 2.05) is 0 Å². The molecule has 0 aliphatic heterocycles. The van der Waals surface area contributed by atoms with Crippen LogP contribution in [0.3, 0.4) is 0 Å². The first-order valence-corrected chi connectivity index (χ1v) is 7.38. The Morgan fingerprint density at radius 3 is 2.55 bits per heavy atom. The molecule has 1 rings (SSSR count). The maximum atomic E-state index is 13.1. The van der Waals surface area contributed by atoms with Crippen LogP contribution >= 0.6 is 0 Å². The van der Waals surface area contributed by atoms with Crippen molar-refractivity contribution in [3.63, 3.8) is 0 Å². The Labute approximate surface area is 117 Å². The fraction of sp³-hybridized carbons (Fsp3) is 0.417. The topological polar surface area (TPSA) is 96.0 Å². The van der Waals surface area contributed by atoms with Crippen LogP contribution in [0.2, 0.25) is 0 Å². The Balaban J connectivity index is 3.30. The summed E-state index contributed by atoms with van der Waals surface area (Å²) in [6, 6.07) is 3.04. The lowest BCUT2D eigenvalue weighted by Gasteiger charge is -2.26. The number of oxime groups is 1. The van der Waals surface area contributed by atoms with E-state index in [1.54, 1.807) is 13.8 Å². The van der Waals surface area contributed by atoms with Gasteiger partial charge >= 0.3 is 0 Å². The molecular weight excluding hydrogens is 285 g/mol. The summed E-state index contributed by atoms with van der Waals surface area (Å²) in [5.74, 6) is -0.726. The third kappa shape index (κ3) is 3.45. The number of sulfonamides is 1. The molecule has 1 aromatic carbocycles. The van der Waals surface area contributed by atoms with Gasteiger partial charge in [0.05, 0.1) is 11.4 Å². The lowest BCUT2D eigenvalue weighted by atomic mass is 10.2. The van der Waals surface area contributed by atoms with Crippen LogP contribution in [-0.4, -0.2) is 36.4 Å². The van der Waals surface area contributed by atoms with Crippen molar-refractivity contribution >= 4 is 15.9 Å². The Morgan fingerprint density at radius 1 is 1.50 bits per heavy atom. The van der Waals surface area contributed by atoms with Crippen LogP contribution in [0.25, 0.3) is 0 Å². The van der Waals surface area contributed by atoms with Crippen molar-refractivity contribution in [1.29, 1.82) is 0 Å². The lowest BCUT2D eigenvalue weighted by Crippen LogP contribution is -2.43. The first-order chi connectivity index (χ1) is 9.20. The third-order valence-electron chi connectivity index (χ3n) is 2.75. The number of rotatable bonds is 5. The molecule has 0 aromatic heterocycles. The van der Waals surface area contributed by atoms with Gasteiger partial charge in [-0.3, -0.25) is 0 Å². The normalized spacial score (nSPS) is 13.2. The van der Waals surface area contributed by atoms with Gasteiger partial charge in [-0.1, -0.05) is 5.16 Å². The van der Waals surface area contributed by atoms with Gasteiger partial charge < -0.3 is 10.9 Å². The van der Waals surface area contributed by atoms with Gasteiger partial charge in [0.2, 0.25) is 10.0 Å². The molecule has 0 bridgehead atoms. The summed E-state index contributed by atoms with van der Waals surface area (Å²) in [6.07, 6.45) is 0. The van der Waals surface area contributed by atoms with Crippen molar-refractivity contribution in [1.82, 2.24) is 4.31 Å². The minimum atomic E-state index is -3.86. The summed E-state index contributed by atoms with van der Waals surface area (Å²) in [6.45, 7) is 4.60. The summed E-state index contributed by atoms with van der Waals surface area (Å²) < 4.78 is 39.3. The van der Waals surface area contributed by atoms with E-state index >= 15 is 0 Å². The molecule has 0 saturated heterocycles. The highest BCUT2D eigenvalue weighted by atomic mass is 32.2. The quantitative estimate of drug-likeness (QED) is 0.371. The van der Waals surface area contributed by atoms with E-state index in [4.69, 9.17) is 10.9 Å². The van der Waals surface area contributed by atoms with Crippen LogP contribution in [0.1, 0.15) is 19.4 Å². The Kier molecular flexibility index (Phi) is 5.07. The first kappa shape index (κ1) is 16.4. The molecule has 0 atom stereocenters. The zero-order valence-electron chi connectivity index (χ0n) is 11.5. The standard InChI is InChI=1S/C12H18FN3O3S/c1-8(2)16(7-12(14)15-17)20(18,19)11-5-4-10(13)6-9(11)3/h4-6,8,17H,7H2,1-3H3,(H2,14,15). The molecule has 0 radical (unpaired) electrons. The second-order valence-electron chi connectivity index (χ2n) is 4.65. The van der Waals surface area contributed by atoms with Crippen LogP contribution in [-0.2, 0) is 10.0 Å². The highest BCUT2D eigenvalue weighted by Gasteiger charge is 2.29. The molecule has 0 fully saturated rings. The fourth-order valence-electron chi connectivity index (χ4n) is 1.76. The molecule has 3 N–H and O–H groups in total. The predicted octanol–water partition coefficient (Wildman–Crippen LogP) is 1.28. The van der Waals surface area contributed by atoms with Crippen molar-refractivity contribution in [2.45, 2.75) is 31.7 Å². The largest absolute Gasteiger partial charge is 0.409 e. The molecule has 112 valence electrons. The molecule has 0 amide bonds. The molecule has 1 aromatic rings. The van der Waals surface area contributed by atoms with Crippen molar-refractivity contribution in [2.24, 2.45) is 10.9 Å². The van der Waals surface area contributed by atoms with E-state index in [0.717, 1.165) is 16.4 Å². The van der Waals surface area contributed by atoms with E-state index in [-0.39, 0.29) is 17.3 Å². The second-order valence-corrected chi connectivity index (χ2v) is 6.50. The van der Waals surface area contributed by atoms with Gasteiger partial charge in [0, 0.05) is 6.04 Å². The Morgan fingerprint density at radius 2 is 2.10 bits per heavy atom. The van der Waals surface area contributed by atoms with Crippen molar-refractivity contribution in [2.75, 3.05) is 6.54 Å². The molecular formula is C12H18FN3O3S. The summed E-state index contributed by atoms with van der Waals surface area (Å²) in [5, 5.41) is 11.4. The summed E-state index contributed by atoms with van der Waals surface area (Å²) in [7, 11) is -3.86. The number of hydrogen-bond donors (Lipinski definition) is 2. The van der Waals surface area contributed by atoms with Gasteiger partial charge in [-0.25, -0.2) is 12.8 Å². The van der Waals surface area contributed by atoms with Gasteiger partial charge in [-0.2, -0.15) is 4.31 Å². The average molecular weight is 303 g/mol. The number of aryl methyl sites for hydroxylation is 1. The van der Waals surface area contributed by atoms with Crippen LogP contribution in [0, 0.1) is 12.7 Å². The number of benzene rings is 1. The number of hydrogen-bond acceptors (Lipinski definition) is 4. The SMILES string of the molecule is Cc1cc(F)ccc1S(=O)(=O)N(CC(N)=NO)C(C)C. The van der Waals surface area contributed by atoms with Crippen molar-refractivity contribution in [3.05, 3.63) is 29.6 Å². The third-order valence-corrected chi connectivity index (χ3v) is 4.93. The van der Waals surface area contributed by atoms with Gasteiger partial charge in [0.15, 0.2) is 5.84 Å². The van der Waals surface area contributed by atoms with Crippen LogP contribution < -0.4 is 5.73 Å². The highest BCUT2D eigenvalue weighted by molar-refractivity contribution is 7.89. The lowest BCUT2D eigenvalue weighted by molar-refractivity contribution is 0.312. The first-order valence-electron chi connectivity index (χ1n) is 5.94. The zero-order valence-corrected chi connectivity index (χ0v) is 12.4. The van der Waals surface area contributed by atoms with Crippen molar-refractivity contribution < 1.29 is 18.0 Å². The molecule has 0 heterocycles. The van der Waals surface area contributed by atoms with E-state index in [2.05, 4.69) is 5.16 Å². The molecule has 0 saturated carbocycles. The van der Waals surface area contributed by atoms with Crippen LogP contribution in [0.4, 0.5) is 4.39 Å². The van der Waals surface area contributed by atoms with Gasteiger partial charge in [-0.15, -0.1) is 0 Å². The number of halogens is 1. The van der Waals surface area contributed by atoms with Gasteiger partial charge in [-0.05, 0) is 44.5 Å². The second kappa shape index (κ2) is 6.19. The number of nitrogens with zero attached hydrogens (tertiary/aromatic N) is 2. The molecule has 8 heteroatoms. The molecule has 0 unspecified atom stereocenters. The molecule has 6 nitrogen and oxygen atoms in total. The highest BCUT2D eigenvalue weighted by Crippen LogP contribution is 2.22. The monoisotopic (exact) mass is 303 g/mol. The average Bonchev–Trinajstić information content (AvgIpc) is 2.34. The maximum Gasteiger partial charge on any atom is 0.243 e. The van der Waals surface area contributed by atoms with Gasteiger partial charge in [0.25, 0.3) is 0 Å². The Bertz CT molecular complexity index is 614. The predicted molar refractivity (Wildman–Crippen MR) is 73.6 cm³/mol. The van der Waals surface area contributed by atoms with E-state index < -0.39 is 21.9 Å². The summed E-state index contributed by atoms with van der Waals surface area (Å²) in [4.78, 5) is -0.00154. The molecule has 20 heavy (non-hydrogen) atoms. The summed E-state index contributed by atoms with van der Waals surface area (Å²) in [5.41, 5.74) is 5.68. The minimum Gasteiger partial charge on any atom is -0.409 e. The van der Waals surface area contributed by atoms with E-state index in [0.29, 0.717) is 5.56 Å². The minimum absolute atomic E-state index is 0.00154. The maximum absolute atomic E-state index is 13.1. The number of amidine groups is 1. The molecule has 0 aliphatic carbocycles. The Hall–Kier alpha value is -1.67. The number of nitrogens with two attached hydrogens (primary N) is 1. The zero-order chi connectivity index (χ0) is 15.5. The molecule has 0 spiro atoms. The molecule has 0 aliphatic rings. The smallest absolute Gasteiger partial charge is 0.243 e. The fourth-order valence-corrected chi connectivity index (χ4v) is 3.58. The summed E-state index contributed by atoms with van der Waals surface area (Å²) >= 11 is 0. The van der Waals surface area contributed by atoms with Crippen molar-refractivity contribution in [3.8, 4) is 0 Å².